The smallest absolute Gasteiger partial charge is 0.168 e. The summed E-state index contributed by atoms with van der Waals surface area (Å²) in [5, 5.41) is 13.5. The fourth-order valence-electron chi connectivity index (χ4n) is 2.93. The van der Waals surface area contributed by atoms with Crippen LogP contribution in [0.15, 0.2) is 72.1 Å². The van der Waals surface area contributed by atoms with Crippen LogP contribution in [0.1, 0.15) is 22.1 Å². The van der Waals surface area contributed by atoms with E-state index in [9.17, 15) is 5.11 Å². The van der Waals surface area contributed by atoms with Crippen LogP contribution in [0.4, 0.5) is 0 Å². The van der Waals surface area contributed by atoms with Crippen molar-refractivity contribution in [2.24, 2.45) is 0 Å². The molecule has 2 atom stereocenters. The molecule has 1 aliphatic heterocycles. The van der Waals surface area contributed by atoms with Crippen LogP contribution in [0.25, 0.3) is 0 Å². The zero-order valence-corrected chi connectivity index (χ0v) is 12.1. The molecule has 0 fully saturated rings. The van der Waals surface area contributed by atoms with Gasteiger partial charge in [-0.25, -0.2) is 0 Å². The Morgan fingerprint density at radius 2 is 1.67 bits per heavy atom. The fraction of sp³-hybridized carbons (Fsp3) is 0.111. The molecule has 3 heteroatoms. The largest absolute Gasteiger partial charge is 0.481 e. The third-order valence-corrected chi connectivity index (χ3v) is 4.92. The lowest BCUT2D eigenvalue weighted by atomic mass is 9.85. The topological polar surface area (TPSA) is 29.5 Å². The number of ether oxygens (including phenoxy) is 1. The molecule has 0 saturated heterocycles. The first-order valence-electron chi connectivity index (χ1n) is 6.87. The molecule has 0 saturated carbocycles. The zero-order chi connectivity index (χ0) is 14.3. The summed E-state index contributed by atoms with van der Waals surface area (Å²) in [6.07, 6.45) is -0.422. The molecule has 2 nitrogen and oxygen atoms in total. The van der Waals surface area contributed by atoms with Crippen molar-refractivity contribution in [1.29, 1.82) is 0 Å². The Kier molecular flexibility index (Phi) is 2.84. The van der Waals surface area contributed by atoms with Crippen LogP contribution in [0.2, 0.25) is 0 Å². The summed E-state index contributed by atoms with van der Waals surface area (Å²) in [4.78, 5) is 0.904. The van der Waals surface area contributed by atoms with E-state index in [1.165, 1.54) is 0 Å². The van der Waals surface area contributed by atoms with Gasteiger partial charge in [0.2, 0.25) is 0 Å². The molecule has 0 aliphatic carbocycles. The standard InChI is InChI=1S/C18H14O2S/c19-18(16-11-6-12-21-16)14-9-4-5-10-15(14)20-17(18)13-7-2-1-3-8-13/h1-12,17,19H/t17-,18-/m1/s1. The van der Waals surface area contributed by atoms with E-state index in [4.69, 9.17) is 4.74 Å². The van der Waals surface area contributed by atoms with Crippen molar-refractivity contribution in [3.05, 3.63) is 88.1 Å². The first-order valence-corrected chi connectivity index (χ1v) is 7.75. The van der Waals surface area contributed by atoms with Crippen LogP contribution in [0, 0.1) is 0 Å². The van der Waals surface area contributed by atoms with Gasteiger partial charge in [-0.3, -0.25) is 0 Å². The molecule has 2 heterocycles. The Morgan fingerprint density at radius 1 is 0.905 bits per heavy atom. The Balaban J connectivity index is 1.93. The molecule has 1 aliphatic rings. The Labute approximate surface area is 127 Å². The number of rotatable bonds is 2. The molecule has 0 unspecified atom stereocenters. The monoisotopic (exact) mass is 294 g/mol. The minimum Gasteiger partial charge on any atom is -0.481 e. The predicted molar refractivity (Wildman–Crippen MR) is 83.6 cm³/mol. The number of hydrogen-bond acceptors (Lipinski definition) is 3. The van der Waals surface area contributed by atoms with E-state index in [-0.39, 0.29) is 0 Å². The van der Waals surface area contributed by atoms with Crippen LogP contribution in [0.5, 0.6) is 5.75 Å². The zero-order valence-electron chi connectivity index (χ0n) is 11.3. The van der Waals surface area contributed by atoms with Gasteiger partial charge < -0.3 is 9.84 Å². The highest BCUT2D eigenvalue weighted by molar-refractivity contribution is 7.10. The molecule has 1 N–H and O–H groups in total. The summed E-state index contributed by atoms with van der Waals surface area (Å²) in [6.45, 7) is 0. The van der Waals surface area contributed by atoms with Crippen molar-refractivity contribution >= 4 is 11.3 Å². The second kappa shape index (κ2) is 4.72. The van der Waals surface area contributed by atoms with E-state index >= 15 is 0 Å². The van der Waals surface area contributed by atoms with Gasteiger partial charge in [-0.05, 0) is 23.1 Å². The molecule has 0 radical (unpaired) electrons. The molecular weight excluding hydrogens is 280 g/mol. The third-order valence-electron chi connectivity index (χ3n) is 3.92. The Hall–Kier alpha value is -2.10. The summed E-state index contributed by atoms with van der Waals surface area (Å²) in [5.41, 5.74) is 0.678. The van der Waals surface area contributed by atoms with Crippen molar-refractivity contribution in [3.63, 3.8) is 0 Å². The fourth-order valence-corrected chi connectivity index (χ4v) is 3.79. The van der Waals surface area contributed by atoms with Crippen LogP contribution >= 0.6 is 11.3 Å². The van der Waals surface area contributed by atoms with Gasteiger partial charge in [0.25, 0.3) is 0 Å². The summed E-state index contributed by atoms with van der Waals surface area (Å²) >= 11 is 1.55. The first kappa shape index (κ1) is 12.6. The molecule has 0 bridgehead atoms. The number of hydrogen-bond donors (Lipinski definition) is 1. The van der Waals surface area contributed by atoms with Crippen LogP contribution in [0.3, 0.4) is 0 Å². The predicted octanol–water partition coefficient (Wildman–Crippen LogP) is 4.12. The van der Waals surface area contributed by atoms with Gasteiger partial charge in [0.05, 0.1) is 0 Å². The molecule has 104 valence electrons. The second-order valence-electron chi connectivity index (χ2n) is 5.15. The average Bonchev–Trinajstić information content (AvgIpc) is 3.16. The van der Waals surface area contributed by atoms with E-state index in [0.29, 0.717) is 0 Å². The van der Waals surface area contributed by atoms with E-state index < -0.39 is 11.7 Å². The van der Waals surface area contributed by atoms with Crippen LogP contribution < -0.4 is 4.74 Å². The quantitative estimate of drug-likeness (QED) is 0.770. The van der Waals surface area contributed by atoms with Gasteiger partial charge in [0, 0.05) is 10.4 Å². The molecule has 4 rings (SSSR count). The highest BCUT2D eigenvalue weighted by Crippen LogP contribution is 2.53. The molecule has 0 amide bonds. The van der Waals surface area contributed by atoms with E-state index in [1.54, 1.807) is 11.3 Å². The van der Waals surface area contributed by atoms with Gasteiger partial charge in [0.1, 0.15) is 5.75 Å². The number of thiophene rings is 1. The molecule has 3 aromatic rings. The maximum absolute atomic E-state index is 11.5. The number of para-hydroxylation sites is 1. The lowest BCUT2D eigenvalue weighted by molar-refractivity contribution is -0.00439. The van der Waals surface area contributed by atoms with Crippen molar-refractivity contribution < 1.29 is 9.84 Å². The first-order chi connectivity index (χ1) is 10.3. The molecule has 0 spiro atoms. The summed E-state index contributed by atoms with van der Waals surface area (Å²) < 4.78 is 6.09. The molecular formula is C18H14O2S. The molecule has 2 aromatic carbocycles. The molecule has 21 heavy (non-hydrogen) atoms. The highest BCUT2D eigenvalue weighted by Gasteiger charge is 2.50. The molecule has 1 aromatic heterocycles. The van der Waals surface area contributed by atoms with Gasteiger partial charge in [-0.2, -0.15) is 0 Å². The van der Waals surface area contributed by atoms with Crippen molar-refractivity contribution in [2.75, 3.05) is 0 Å². The lowest BCUT2D eigenvalue weighted by Crippen LogP contribution is -2.31. The maximum Gasteiger partial charge on any atom is 0.168 e. The normalized spacial score (nSPS) is 23.6. The van der Waals surface area contributed by atoms with E-state index in [1.807, 2.05) is 72.1 Å². The summed E-state index contributed by atoms with van der Waals surface area (Å²) in [5.74, 6) is 0.752. The van der Waals surface area contributed by atoms with Crippen molar-refractivity contribution in [1.82, 2.24) is 0 Å². The Morgan fingerprint density at radius 3 is 2.43 bits per heavy atom. The van der Waals surface area contributed by atoms with Crippen molar-refractivity contribution in [3.8, 4) is 5.75 Å². The second-order valence-corrected chi connectivity index (χ2v) is 6.10. The average molecular weight is 294 g/mol. The lowest BCUT2D eigenvalue weighted by Gasteiger charge is -2.28. The van der Waals surface area contributed by atoms with Gasteiger partial charge >= 0.3 is 0 Å². The SMILES string of the molecule is O[C@@]1(c2cccs2)c2ccccc2O[C@@H]1c1ccccc1. The maximum atomic E-state index is 11.5. The van der Waals surface area contributed by atoms with Crippen molar-refractivity contribution in [2.45, 2.75) is 11.7 Å². The number of fused-ring (bicyclic) bond motifs is 1. The number of aliphatic hydroxyl groups is 1. The van der Waals surface area contributed by atoms with Gasteiger partial charge in [-0.15, -0.1) is 11.3 Å². The highest BCUT2D eigenvalue weighted by atomic mass is 32.1. The Bertz CT molecular complexity index is 752. The summed E-state index contributed by atoms with van der Waals surface area (Å²) in [7, 11) is 0. The van der Waals surface area contributed by atoms with E-state index in [0.717, 1.165) is 21.8 Å². The third kappa shape index (κ3) is 1.82. The van der Waals surface area contributed by atoms with E-state index in [2.05, 4.69) is 0 Å². The number of benzene rings is 2. The van der Waals surface area contributed by atoms with Crippen LogP contribution in [-0.2, 0) is 5.60 Å². The van der Waals surface area contributed by atoms with Gasteiger partial charge in [0.15, 0.2) is 11.7 Å². The summed E-state index contributed by atoms with van der Waals surface area (Å²) in [6, 6.07) is 21.5. The minimum atomic E-state index is -1.13. The van der Waals surface area contributed by atoms with Gasteiger partial charge in [-0.1, -0.05) is 54.6 Å². The van der Waals surface area contributed by atoms with Crippen LogP contribution in [-0.4, -0.2) is 5.11 Å². The minimum absolute atomic E-state index is 0.422.